The van der Waals surface area contributed by atoms with Crippen molar-refractivity contribution in [2.24, 2.45) is 0 Å². The van der Waals surface area contributed by atoms with Gasteiger partial charge >= 0.3 is 6.18 Å². The molecule has 22 heavy (non-hydrogen) atoms. The van der Waals surface area contributed by atoms with Crippen LogP contribution in [0, 0.1) is 0 Å². The molecule has 1 aliphatic heterocycles. The maximum absolute atomic E-state index is 12.9. The first kappa shape index (κ1) is 18.9. The fourth-order valence-corrected chi connectivity index (χ4v) is 2.58. The highest BCUT2D eigenvalue weighted by molar-refractivity contribution is 5.85. The van der Waals surface area contributed by atoms with Crippen LogP contribution in [0.3, 0.4) is 0 Å². The molecule has 1 fully saturated rings. The Hall–Kier alpha value is -1.18. The summed E-state index contributed by atoms with van der Waals surface area (Å²) < 4.78 is 43.8. The quantitative estimate of drug-likeness (QED) is 0.884. The normalized spacial score (nSPS) is 17.6. The summed E-state index contributed by atoms with van der Waals surface area (Å²) in [6, 6.07) is 3.48. The minimum absolute atomic E-state index is 0. The van der Waals surface area contributed by atoms with E-state index in [0.717, 1.165) is 0 Å². The van der Waals surface area contributed by atoms with Crippen LogP contribution in [0.1, 0.15) is 18.0 Å². The third-order valence-electron chi connectivity index (χ3n) is 3.61. The number of hydrogen-bond donors (Lipinski definition) is 2. The predicted molar refractivity (Wildman–Crippen MR) is 79.8 cm³/mol. The van der Waals surface area contributed by atoms with E-state index in [1.165, 1.54) is 25.3 Å². The lowest BCUT2D eigenvalue weighted by Crippen LogP contribution is -2.46. The predicted octanol–water partition coefficient (Wildman–Crippen LogP) is 2.72. The highest BCUT2D eigenvalue weighted by atomic mass is 35.5. The van der Waals surface area contributed by atoms with E-state index in [9.17, 15) is 18.3 Å². The summed E-state index contributed by atoms with van der Waals surface area (Å²) in [6.07, 6.45) is -5.29. The molecule has 0 bridgehead atoms. The summed E-state index contributed by atoms with van der Waals surface area (Å²) in [5.74, 6) is 0.300. The molecular formula is C14H20ClF3N2O2. The van der Waals surface area contributed by atoms with Crippen LogP contribution in [0.4, 0.5) is 13.2 Å². The van der Waals surface area contributed by atoms with Crippen molar-refractivity contribution < 1.29 is 23.0 Å². The number of aromatic hydroxyl groups is 1. The highest BCUT2D eigenvalue weighted by Crippen LogP contribution is 2.39. The molecule has 0 saturated carbocycles. The van der Waals surface area contributed by atoms with E-state index in [2.05, 4.69) is 5.32 Å². The van der Waals surface area contributed by atoms with Gasteiger partial charge in [0.15, 0.2) is 0 Å². The van der Waals surface area contributed by atoms with Crippen LogP contribution in [-0.4, -0.2) is 49.5 Å². The largest absolute Gasteiger partial charge is 0.508 e. The van der Waals surface area contributed by atoms with Crippen LogP contribution >= 0.6 is 12.4 Å². The lowest BCUT2D eigenvalue weighted by atomic mass is 9.99. The van der Waals surface area contributed by atoms with Crippen LogP contribution in [0.5, 0.6) is 11.5 Å². The first-order valence-electron chi connectivity index (χ1n) is 6.79. The van der Waals surface area contributed by atoms with Gasteiger partial charge in [0.05, 0.1) is 13.5 Å². The van der Waals surface area contributed by atoms with E-state index in [-0.39, 0.29) is 23.7 Å². The molecule has 1 aliphatic rings. The van der Waals surface area contributed by atoms with Crippen molar-refractivity contribution in [3.05, 3.63) is 23.8 Å². The van der Waals surface area contributed by atoms with Gasteiger partial charge in [-0.05, 0) is 18.2 Å². The maximum Gasteiger partial charge on any atom is 0.390 e. The number of phenolic OH excluding ortho intramolecular Hbond substituents is 1. The molecule has 4 nitrogen and oxygen atoms in total. The number of benzene rings is 1. The number of hydrogen-bond acceptors (Lipinski definition) is 4. The van der Waals surface area contributed by atoms with E-state index in [1.54, 1.807) is 4.90 Å². The van der Waals surface area contributed by atoms with Crippen molar-refractivity contribution in [2.45, 2.75) is 18.6 Å². The summed E-state index contributed by atoms with van der Waals surface area (Å²) in [6.45, 7) is 2.30. The molecular weight excluding hydrogens is 321 g/mol. The van der Waals surface area contributed by atoms with Crippen molar-refractivity contribution in [3.8, 4) is 11.5 Å². The Morgan fingerprint density at radius 3 is 2.50 bits per heavy atom. The van der Waals surface area contributed by atoms with Crippen LogP contribution in [0.25, 0.3) is 0 Å². The average molecular weight is 341 g/mol. The molecule has 1 aromatic carbocycles. The average Bonchev–Trinajstić information content (AvgIpc) is 2.45. The second kappa shape index (κ2) is 7.89. The standard InChI is InChI=1S/C14H19F3N2O2.ClH/c1-21-10-2-3-13(20)11(8-10)12(9-14(15,16)17)19-6-4-18-5-7-19;/h2-3,8,12,18,20H,4-7,9H2,1H3;1H/t12-;/m1./s1. The summed E-state index contributed by atoms with van der Waals surface area (Å²) in [5, 5.41) is 13.1. The van der Waals surface area contributed by atoms with Gasteiger partial charge in [0.25, 0.3) is 0 Å². The zero-order chi connectivity index (χ0) is 15.5. The van der Waals surface area contributed by atoms with Crippen LogP contribution in [-0.2, 0) is 0 Å². The number of methoxy groups -OCH3 is 1. The van der Waals surface area contributed by atoms with Gasteiger partial charge in [-0.3, -0.25) is 4.90 Å². The monoisotopic (exact) mass is 340 g/mol. The minimum Gasteiger partial charge on any atom is -0.508 e. The summed E-state index contributed by atoms with van der Waals surface area (Å²) in [5.41, 5.74) is 0.258. The summed E-state index contributed by atoms with van der Waals surface area (Å²) >= 11 is 0. The number of nitrogens with zero attached hydrogens (tertiary/aromatic N) is 1. The number of rotatable bonds is 4. The summed E-state index contributed by atoms with van der Waals surface area (Å²) in [4.78, 5) is 1.75. The van der Waals surface area contributed by atoms with E-state index in [4.69, 9.17) is 4.74 Å². The molecule has 2 N–H and O–H groups in total. The maximum atomic E-state index is 12.9. The molecule has 1 heterocycles. The Bertz CT molecular complexity index is 480. The molecule has 0 spiro atoms. The second-order valence-electron chi connectivity index (χ2n) is 5.05. The van der Waals surface area contributed by atoms with Gasteiger partial charge in [0.2, 0.25) is 0 Å². The van der Waals surface area contributed by atoms with E-state index in [1.807, 2.05) is 0 Å². The Labute approximate surface area is 133 Å². The van der Waals surface area contributed by atoms with Gasteiger partial charge in [0, 0.05) is 37.8 Å². The van der Waals surface area contributed by atoms with Crippen molar-refractivity contribution in [3.63, 3.8) is 0 Å². The molecule has 0 aliphatic carbocycles. The van der Waals surface area contributed by atoms with Gasteiger partial charge in [-0.2, -0.15) is 13.2 Å². The first-order valence-corrected chi connectivity index (χ1v) is 6.79. The topological polar surface area (TPSA) is 44.7 Å². The third kappa shape index (κ3) is 4.93. The van der Waals surface area contributed by atoms with Crippen molar-refractivity contribution in [1.29, 1.82) is 0 Å². The van der Waals surface area contributed by atoms with Crippen molar-refractivity contribution >= 4 is 12.4 Å². The molecule has 1 atom stereocenters. The lowest BCUT2D eigenvalue weighted by Gasteiger charge is -2.36. The lowest BCUT2D eigenvalue weighted by molar-refractivity contribution is -0.148. The fourth-order valence-electron chi connectivity index (χ4n) is 2.58. The fraction of sp³-hybridized carbons (Fsp3) is 0.571. The highest BCUT2D eigenvalue weighted by Gasteiger charge is 2.37. The molecule has 2 rings (SSSR count). The van der Waals surface area contributed by atoms with Crippen molar-refractivity contribution in [1.82, 2.24) is 10.2 Å². The van der Waals surface area contributed by atoms with Gasteiger partial charge in [-0.25, -0.2) is 0 Å². The Kier molecular flexibility index (Phi) is 6.77. The van der Waals surface area contributed by atoms with E-state index < -0.39 is 18.6 Å². The Morgan fingerprint density at radius 2 is 1.95 bits per heavy atom. The Balaban J connectivity index is 0.00000242. The van der Waals surface area contributed by atoms with Crippen molar-refractivity contribution in [2.75, 3.05) is 33.3 Å². The molecule has 1 aromatic rings. The number of nitrogens with one attached hydrogen (secondary N) is 1. The Morgan fingerprint density at radius 1 is 1.32 bits per heavy atom. The smallest absolute Gasteiger partial charge is 0.390 e. The van der Waals surface area contributed by atoms with Gasteiger partial charge in [-0.1, -0.05) is 0 Å². The number of piperazine rings is 1. The molecule has 8 heteroatoms. The minimum atomic E-state index is -4.30. The number of halogens is 4. The van der Waals surface area contributed by atoms with Gasteiger partial charge in [0.1, 0.15) is 11.5 Å². The van der Waals surface area contributed by atoms with E-state index >= 15 is 0 Å². The van der Waals surface area contributed by atoms with Gasteiger partial charge in [-0.15, -0.1) is 12.4 Å². The first-order chi connectivity index (χ1) is 9.90. The molecule has 0 amide bonds. The zero-order valence-corrected chi connectivity index (χ0v) is 13.0. The van der Waals surface area contributed by atoms with E-state index in [0.29, 0.717) is 31.9 Å². The third-order valence-corrected chi connectivity index (χ3v) is 3.61. The number of phenols is 1. The molecule has 1 saturated heterocycles. The molecule has 126 valence electrons. The zero-order valence-electron chi connectivity index (χ0n) is 12.2. The molecule has 0 radical (unpaired) electrons. The van der Waals surface area contributed by atoms with Crippen LogP contribution in [0.2, 0.25) is 0 Å². The second-order valence-corrected chi connectivity index (χ2v) is 5.05. The molecule has 0 aromatic heterocycles. The van der Waals surface area contributed by atoms with Gasteiger partial charge < -0.3 is 15.2 Å². The SMILES string of the molecule is COc1ccc(O)c([C@@H](CC(F)(F)F)N2CCNCC2)c1.Cl. The van der Waals surface area contributed by atoms with Crippen LogP contribution in [0.15, 0.2) is 18.2 Å². The summed E-state index contributed by atoms with van der Waals surface area (Å²) in [7, 11) is 1.44. The number of ether oxygens (including phenoxy) is 1. The van der Waals surface area contributed by atoms with Crippen LogP contribution < -0.4 is 10.1 Å². The molecule has 0 unspecified atom stereocenters. The number of alkyl halides is 3.